The minimum atomic E-state index is 0.365. The Bertz CT molecular complexity index is 681. The summed E-state index contributed by atoms with van der Waals surface area (Å²) in [7, 11) is 0. The molecule has 5 nitrogen and oxygen atoms in total. The van der Waals surface area contributed by atoms with Crippen LogP contribution in [0.2, 0.25) is 0 Å². The zero-order valence-corrected chi connectivity index (χ0v) is 18.3. The minimum Gasteiger partial charge on any atom is -0.381 e. The zero-order chi connectivity index (χ0) is 20.1. The molecular formula is C24H38N4O. The predicted molar refractivity (Wildman–Crippen MR) is 119 cm³/mol. The molecule has 0 aliphatic carbocycles. The summed E-state index contributed by atoms with van der Waals surface area (Å²) < 4.78 is 5.68. The molecule has 2 atom stereocenters. The van der Waals surface area contributed by atoms with E-state index in [9.17, 15) is 0 Å². The SMILES string of the molecule is CCNC(=NCc1ccc(CN2CCCCC2C)cc1)N1CCC2(CCOC2)C1. The lowest BCUT2D eigenvalue weighted by Gasteiger charge is -2.33. The predicted octanol–water partition coefficient (Wildman–Crippen LogP) is 3.64. The Morgan fingerprint density at radius 2 is 2.00 bits per heavy atom. The second-order valence-electron chi connectivity index (χ2n) is 9.28. The van der Waals surface area contributed by atoms with Crippen molar-refractivity contribution in [2.75, 3.05) is 39.4 Å². The number of nitrogens with zero attached hydrogens (tertiary/aromatic N) is 3. The number of hydrogen-bond acceptors (Lipinski definition) is 3. The van der Waals surface area contributed by atoms with Gasteiger partial charge in [-0.05, 0) is 57.2 Å². The van der Waals surface area contributed by atoms with E-state index in [4.69, 9.17) is 9.73 Å². The smallest absolute Gasteiger partial charge is 0.194 e. The molecule has 3 aliphatic rings. The fourth-order valence-electron chi connectivity index (χ4n) is 5.06. The summed E-state index contributed by atoms with van der Waals surface area (Å²) in [6, 6.07) is 9.81. The molecule has 0 amide bonds. The van der Waals surface area contributed by atoms with Crippen LogP contribution in [-0.4, -0.2) is 61.2 Å². The van der Waals surface area contributed by atoms with E-state index in [0.29, 0.717) is 11.5 Å². The van der Waals surface area contributed by atoms with Gasteiger partial charge in [0.15, 0.2) is 5.96 Å². The van der Waals surface area contributed by atoms with Crippen LogP contribution in [0.3, 0.4) is 0 Å². The van der Waals surface area contributed by atoms with Crippen LogP contribution in [0, 0.1) is 5.41 Å². The molecule has 3 fully saturated rings. The third kappa shape index (κ3) is 5.13. The minimum absolute atomic E-state index is 0.365. The second kappa shape index (κ2) is 9.48. The van der Waals surface area contributed by atoms with Crippen molar-refractivity contribution in [1.82, 2.24) is 15.1 Å². The standard InChI is InChI=1S/C24H38N4O/c1-3-25-23(28-14-11-24(18-28)12-15-29-19-24)26-16-21-7-9-22(10-8-21)17-27-13-5-4-6-20(27)2/h7-10,20H,3-6,11-19H2,1-2H3,(H,25,26). The van der Waals surface area contributed by atoms with Crippen molar-refractivity contribution in [3.63, 3.8) is 0 Å². The van der Waals surface area contributed by atoms with E-state index >= 15 is 0 Å². The number of guanidine groups is 1. The molecule has 4 rings (SSSR count). The maximum Gasteiger partial charge on any atom is 0.194 e. The fraction of sp³-hybridized carbons (Fsp3) is 0.708. The maximum absolute atomic E-state index is 5.68. The Hall–Kier alpha value is -1.59. The molecule has 0 saturated carbocycles. The molecule has 29 heavy (non-hydrogen) atoms. The van der Waals surface area contributed by atoms with E-state index in [0.717, 1.165) is 51.9 Å². The Morgan fingerprint density at radius 1 is 1.17 bits per heavy atom. The Kier molecular flexibility index (Phi) is 6.76. The second-order valence-corrected chi connectivity index (χ2v) is 9.28. The highest BCUT2D eigenvalue weighted by molar-refractivity contribution is 5.80. The monoisotopic (exact) mass is 398 g/mol. The summed E-state index contributed by atoms with van der Waals surface area (Å²) in [6.07, 6.45) is 6.48. The molecule has 3 aliphatic heterocycles. The third-order valence-electron chi connectivity index (χ3n) is 7.02. The van der Waals surface area contributed by atoms with Gasteiger partial charge >= 0.3 is 0 Å². The first-order valence-electron chi connectivity index (χ1n) is 11.6. The number of benzene rings is 1. The number of aliphatic imine (C=N–C) groups is 1. The number of hydrogen-bond donors (Lipinski definition) is 1. The quantitative estimate of drug-likeness (QED) is 0.607. The lowest BCUT2D eigenvalue weighted by atomic mass is 9.87. The molecule has 0 radical (unpaired) electrons. The molecular weight excluding hydrogens is 360 g/mol. The van der Waals surface area contributed by atoms with E-state index in [2.05, 4.69) is 53.2 Å². The summed E-state index contributed by atoms with van der Waals surface area (Å²) in [5, 5.41) is 3.50. The van der Waals surface area contributed by atoms with Crippen molar-refractivity contribution in [1.29, 1.82) is 0 Å². The first-order chi connectivity index (χ1) is 14.2. The van der Waals surface area contributed by atoms with Crippen LogP contribution < -0.4 is 5.32 Å². The van der Waals surface area contributed by atoms with Gasteiger partial charge in [-0.15, -0.1) is 0 Å². The van der Waals surface area contributed by atoms with Gasteiger partial charge in [-0.3, -0.25) is 4.90 Å². The van der Waals surface area contributed by atoms with E-state index in [-0.39, 0.29) is 0 Å². The lowest BCUT2D eigenvalue weighted by molar-refractivity contribution is 0.152. The van der Waals surface area contributed by atoms with Crippen molar-refractivity contribution in [2.45, 2.75) is 65.1 Å². The van der Waals surface area contributed by atoms with E-state index < -0.39 is 0 Å². The van der Waals surface area contributed by atoms with Crippen LogP contribution >= 0.6 is 0 Å². The average molecular weight is 399 g/mol. The van der Waals surface area contributed by atoms with Crippen molar-refractivity contribution in [3.8, 4) is 0 Å². The average Bonchev–Trinajstić information content (AvgIpc) is 3.38. The number of ether oxygens (including phenoxy) is 1. The van der Waals surface area contributed by atoms with Gasteiger partial charge in [0, 0.05) is 44.2 Å². The molecule has 1 spiro atoms. The van der Waals surface area contributed by atoms with Gasteiger partial charge in [0.25, 0.3) is 0 Å². The number of likely N-dealkylation sites (tertiary alicyclic amines) is 2. The van der Waals surface area contributed by atoms with Crippen LogP contribution in [0.1, 0.15) is 57.1 Å². The molecule has 0 aromatic heterocycles. The van der Waals surface area contributed by atoms with Gasteiger partial charge in [-0.1, -0.05) is 30.7 Å². The van der Waals surface area contributed by atoms with Crippen molar-refractivity contribution >= 4 is 5.96 Å². The Morgan fingerprint density at radius 3 is 2.72 bits per heavy atom. The maximum atomic E-state index is 5.68. The first kappa shape index (κ1) is 20.7. The molecule has 160 valence electrons. The van der Waals surface area contributed by atoms with Crippen LogP contribution in [0.5, 0.6) is 0 Å². The summed E-state index contributed by atoms with van der Waals surface area (Å²) >= 11 is 0. The van der Waals surface area contributed by atoms with Gasteiger partial charge in [0.05, 0.1) is 13.2 Å². The number of rotatable bonds is 5. The number of piperidine rings is 1. The largest absolute Gasteiger partial charge is 0.381 e. The Labute approximate surface area is 176 Å². The molecule has 2 unspecified atom stereocenters. The lowest BCUT2D eigenvalue weighted by Crippen LogP contribution is -2.41. The normalized spacial score (nSPS) is 28.4. The van der Waals surface area contributed by atoms with Crippen molar-refractivity contribution < 1.29 is 4.74 Å². The van der Waals surface area contributed by atoms with E-state index in [1.807, 2.05) is 0 Å². The highest BCUT2D eigenvalue weighted by atomic mass is 16.5. The summed E-state index contributed by atoms with van der Waals surface area (Å²) in [4.78, 5) is 10.0. The van der Waals surface area contributed by atoms with Crippen molar-refractivity contribution in [2.24, 2.45) is 10.4 Å². The number of nitrogens with one attached hydrogen (secondary N) is 1. The third-order valence-corrected chi connectivity index (χ3v) is 7.02. The van der Waals surface area contributed by atoms with Crippen LogP contribution in [-0.2, 0) is 17.8 Å². The first-order valence-corrected chi connectivity index (χ1v) is 11.6. The molecule has 0 bridgehead atoms. The molecule has 1 aromatic carbocycles. The fourth-order valence-corrected chi connectivity index (χ4v) is 5.06. The summed E-state index contributed by atoms with van der Waals surface area (Å²) in [5.74, 6) is 1.06. The van der Waals surface area contributed by atoms with Gasteiger partial charge in [-0.25, -0.2) is 4.99 Å². The van der Waals surface area contributed by atoms with Gasteiger partial charge < -0.3 is 15.0 Å². The van der Waals surface area contributed by atoms with Crippen LogP contribution in [0.15, 0.2) is 29.3 Å². The highest BCUT2D eigenvalue weighted by Crippen LogP contribution is 2.38. The van der Waals surface area contributed by atoms with Gasteiger partial charge in [-0.2, -0.15) is 0 Å². The molecule has 1 aromatic rings. The van der Waals surface area contributed by atoms with Crippen LogP contribution in [0.4, 0.5) is 0 Å². The van der Waals surface area contributed by atoms with Gasteiger partial charge in [0.1, 0.15) is 0 Å². The molecule has 5 heteroatoms. The van der Waals surface area contributed by atoms with Crippen LogP contribution in [0.25, 0.3) is 0 Å². The molecule has 3 heterocycles. The molecule has 1 N–H and O–H groups in total. The molecule has 3 saturated heterocycles. The Balaban J connectivity index is 1.35. The van der Waals surface area contributed by atoms with E-state index in [1.54, 1.807) is 0 Å². The summed E-state index contributed by atoms with van der Waals surface area (Å²) in [6.45, 7) is 12.5. The van der Waals surface area contributed by atoms with Gasteiger partial charge in [0.2, 0.25) is 0 Å². The van der Waals surface area contributed by atoms with E-state index in [1.165, 1.54) is 49.8 Å². The zero-order valence-electron chi connectivity index (χ0n) is 18.3. The highest BCUT2D eigenvalue weighted by Gasteiger charge is 2.42. The van der Waals surface area contributed by atoms with Crippen molar-refractivity contribution in [3.05, 3.63) is 35.4 Å². The summed E-state index contributed by atoms with van der Waals surface area (Å²) in [5.41, 5.74) is 3.07. The topological polar surface area (TPSA) is 40.1 Å².